The minimum absolute atomic E-state index is 0.242. The SMILES string of the molecule is CC(Nc1ccccc1C(Cc1ccccc1)C(=O)COC(=O)C(C)(C)C)C(=O)O. The van der Waals surface area contributed by atoms with Gasteiger partial charge in [-0.05, 0) is 51.3 Å². The summed E-state index contributed by atoms with van der Waals surface area (Å²) < 4.78 is 5.26. The summed E-state index contributed by atoms with van der Waals surface area (Å²) in [6, 6.07) is 15.9. The van der Waals surface area contributed by atoms with E-state index in [9.17, 15) is 19.5 Å². The van der Waals surface area contributed by atoms with Crippen LogP contribution >= 0.6 is 0 Å². The Balaban J connectivity index is 2.33. The molecule has 0 fully saturated rings. The molecule has 0 amide bonds. The highest BCUT2D eigenvalue weighted by Crippen LogP contribution is 2.30. The molecule has 0 aliphatic rings. The first-order chi connectivity index (χ1) is 14.1. The Morgan fingerprint density at radius 1 is 1.00 bits per heavy atom. The van der Waals surface area contributed by atoms with Gasteiger partial charge in [-0.15, -0.1) is 0 Å². The minimum Gasteiger partial charge on any atom is -0.480 e. The third-order valence-electron chi connectivity index (χ3n) is 4.71. The summed E-state index contributed by atoms with van der Waals surface area (Å²) in [5, 5.41) is 12.2. The fraction of sp³-hybridized carbons (Fsp3) is 0.375. The van der Waals surface area contributed by atoms with E-state index in [1.54, 1.807) is 45.0 Å². The molecule has 6 heteroatoms. The molecular weight excluding hydrogens is 382 g/mol. The highest BCUT2D eigenvalue weighted by Gasteiger charge is 2.28. The molecule has 2 N–H and O–H groups in total. The summed E-state index contributed by atoms with van der Waals surface area (Å²) in [5.74, 6) is -2.27. The van der Waals surface area contributed by atoms with Crippen LogP contribution in [0.15, 0.2) is 54.6 Å². The Morgan fingerprint density at radius 3 is 2.20 bits per heavy atom. The molecule has 0 radical (unpaired) electrons. The molecule has 0 spiro atoms. The summed E-state index contributed by atoms with van der Waals surface area (Å²) in [4.78, 5) is 36.5. The smallest absolute Gasteiger partial charge is 0.325 e. The van der Waals surface area contributed by atoms with Crippen LogP contribution in [0.25, 0.3) is 0 Å². The number of carbonyl (C=O) groups is 3. The number of Topliss-reactive ketones (excluding diaryl/α,β-unsaturated/α-hetero) is 1. The molecule has 6 nitrogen and oxygen atoms in total. The Bertz CT molecular complexity index is 886. The molecule has 0 aliphatic heterocycles. The molecule has 30 heavy (non-hydrogen) atoms. The van der Waals surface area contributed by atoms with Crippen LogP contribution in [0, 0.1) is 5.41 Å². The van der Waals surface area contributed by atoms with Gasteiger partial charge >= 0.3 is 11.9 Å². The fourth-order valence-electron chi connectivity index (χ4n) is 2.93. The first-order valence-corrected chi connectivity index (χ1v) is 9.91. The lowest BCUT2D eigenvalue weighted by molar-refractivity contribution is -0.156. The monoisotopic (exact) mass is 411 g/mol. The van der Waals surface area contributed by atoms with Crippen LogP contribution in [-0.2, 0) is 25.5 Å². The Labute approximate surface area is 177 Å². The number of benzene rings is 2. The van der Waals surface area contributed by atoms with Crippen LogP contribution in [-0.4, -0.2) is 35.5 Å². The zero-order valence-corrected chi connectivity index (χ0v) is 17.8. The minimum atomic E-state index is -0.991. The van der Waals surface area contributed by atoms with Crippen LogP contribution < -0.4 is 5.32 Å². The van der Waals surface area contributed by atoms with Gasteiger partial charge in [-0.1, -0.05) is 48.5 Å². The zero-order chi connectivity index (χ0) is 22.3. The van der Waals surface area contributed by atoms with E-state index in [0.29, 0.717) is 17.7 Å². The van der Waals surface area contributed by atoms with Crippen molar-refractivity contribution < 1.29 is 24.2 Å². The van der Waals surface area contributed by atoms with Crippen LogP contribution in [0.3, 0.4) is 0 Å². The van der Waals surface area contributed by atoms with Crippen molar-refractivity contribution in [2.75, 3.05) is 11.9 Å². The molecule has 0 heterocycles. The average molecular weight is 411 g/mol. The molecule has 0 aromatic heterocycles. The van der Waals surface area contributed by atoms with E-state index in [-0.39, 0.29) is 12.4 Å². The van der Waals surface area contributed by atoms with E-state index >= 15 is 0 Å². The predicted molar refractivity (Wildman–Crippen MR) is 115 cm³/mol. The number of ether oxygens (including phenoxy) is 1. The Kier molecular flexibility index (Phi) is 7.75. The molecule has 0 aliphatic carbocycles. The Hall–Kier alpha value is -3.15. The third kappa shape index (κ3) is 6.44. The zero-order valence-electron chi connectivity index (χ0n) is 17.8. The van der Waals surface area contributed by atoms with Gasteiger partial charge < -0.3 is 15.2 Å². The van der Waals surface area contributed by atoms with E-state index in [4.69, 9.17) is 4.74 Å². The van der Waals surface area contributed by atoms with Crippen molar-refractivity contribution in [2.24, 2.45) is 5.41 Å². The molecule has 2 unspecified atom stereocenters. The van der Waals surface area contributed by atoms with Crippen LogP contribution in [0.2, 0.25) is 0 Å². The van der Waals surface area contributed by atoms with Gasteiger partial charge in [0.15, 0.2) is 12.4 Å². The summed E-state index contributed by atoms with van der Waals surface area (Å²) in [7, 11) is 0. The molecule has 160 valence electrons. The first kappa shape index (κ1) is 23.1. The number of esters is 1. The number of hydrogen-bond acceptors (Lipinski definition) is 5. The van der Waals surface area contributed by atoms with Crippen molar-refractivity contribution >= 4 is 23.4 Å². The maximum absolute atomic E-state index is 13.1. The van der Waals surface area contributed by atoms with E-state index < -0.39 is 29.3 Å². The van der Waals surface area contributed by atoms with Crippen molar-refractivity contribution in [1.29, 1.82) is 0 Å². The Morgan fingerprint density at radius 2 is 1.60 bits per heavy atom. The third-order valence-corrected chi connectivity index (χ3v) is 4.71. The van der Waals surface area contributed by atoms with E-state index in [2.05, 4.69) is 5.32 Å². The number of carboxylic acids is 1. The first-order valence-electron chi connectivity index (χ1n) is 9.91. The second-order valence-corrected chi connectivity index (χ2v) is 8.33. The molecule has 2 aromatic rings. The highest BCUT2D eigenvalue weighted by atomic mass is 16.5. The largest absolute Gasteiger partial charge is 0.480 e. The second kappa shape index (κ2) is 10.1. The van der Waals surface area contributed by atoms with Gasteiger partial charge in [0, 0.05) is 5.69 Å². The van der Waals surface area contributed by atoms with Gasteiger partial charge in [0.1, 0.15) is 6.04 Å². The lowest BCUT2D eigenvalue weighted by Gasteiger charge is -2.23. The number of anilines is 1. The summed E-state index contributed by atoms with van der Waals surface area (Å²) in [6.07, 6.45) is 0.410. The van der Waals surface area contributed by atoms with Gasteiger partial charge in [-0.25, -0.2) is 0 Å². The highest BCUT2D eigenvalue weighted by molar-refractivity contribution is 5.91. The summed E-state index contributed by atoms with van der Waals surface area (Å²) in [5.41, 5.74) is 1.50. The van der Waals surface area contributed by atoms with Crippen molar-refractivity contribution in [3.05, 3.63) is 65.7 Å². The molecule has 2 rings (SSSR count). The van der Waals surface area contributed by atoms with E-state index in [1.165, 1.54) is 6.92 Å². The number of hydrogen-bond donors (Lipinski definition) is 2. The number of carbonyl (C=O) groups excluding carboxylic acids is 2. The van der Waals surface area contributed by atoms with Crippen molar-refractivity contribution in [1.82, 2.24) is 0 Å². The molecular formula is C24H29NO5. The normalized spacial score (nSPS) is 13.2. The molecule has 0 saturated carbocycles. The fourth-order valence-corrected chi connectivity index (χ4v) is 2.93. The van der Waals surface area contributed by atoms with Gasteiger partial charge in [-0.2, -0.15) is 0 Å². The van der Waals surface area contributed by atoms with Crippen LogP contribution in [0.4, 0.5) is 5.69 Å². The molecule has 2 atom stereocenters. The van der Waals surface area contributed by atoms with Crippen LogP contribution in [0.5, 0.6) is 0 Å². The van der Waals surface area contributed by atoms with Crippen molar-refractivity contribution in [3.8, 4) is 0 Å². The topological polar surface area (TPSA) is 92.7 Å². The quantitative estimate of drug-likeness (QED) is 0.605. The van der Waals surface area contributed by atoms with E-state index in [1.807, 2.05) is 30.3 Å². The number of para-hydroxylation sites is 1. The maximum Gasteiger partial charge on any atom is 0.325 e. The number of aliphatic carboxylic acids is 1. The lowest BCUT2D eigenvalue weighted by atomic mass is 9.87. The predicted octanol–water partition coefficient (Wildman–Crippen LogP) is 4.06. The van der Waals surface area contributed by atoms with E-state index in [0.717, 1.165) is 5.56 Å². The molecule has 0 saturated heterocycles. The summed E-state index contributed by atoms with van der Waals surface area (Å²) in [6.45, 7) is 6.39. The number of nitrogens with one attached hydrogen (secondary N) is 1. The lowest BCUT2D eigenvalue weighted by Crippen LogP contribution is -2.29. The van der Waals surface area contributed by atoms with Gasteiger partial charge in [-0.3, -0.25) is 14.4 Å². The number of ketones is 1. The van der Waals surface area contributed by atoms with Crippen LogP contribution in [0.1, 0.15) is 44.7 Å². The van der Waals surface area contributed by atoms with Crippen molar-refractivity contribution in [3.63, 3.8) is 0 Å². The maximum atomic E-state index is 13.1. The molecule has 2 aromatic carbocycles. The van der Waals surface area contributed by atoms with Gasteiger partial charge in [0.25, 0.3) is 0 Å². The number of carboxylic acid groups (broad SMARTS) is 1. The van der Waals surface area contributed by atoms with Crippen molar-refractivity contribution in [2.45, 2.75) is 46.1 Å². The second-order valence-electron chi connectivity index (χ2n) is 8.33. The van der Waals surface area contributed by atoms with Gasteiger partial charge in [0.2, 0.25) is 0 Å². The van der Waals surface area contributed by atoms with Gasteiger partial charge in [0.05, 0.1) is 11.3 Å². The standard InChI is InChI=1S/C24H29NO5/c1-16(22(27)28)25-20-13-9-8-12-18(20)19(14-17-10-6-5-7-11-17)21(26)15-30-23(29)24(2,3)4/h5-13,16,19,25H,14-15H2,1-4H3,(H,27,28). The summed E-state index contributed by atoms with van der Waals surface area (Å²) >= 11 is 0. The number of rotatable bonds is 9. The molecule has 0 bridgehead atoms. The average Bonchev–Trinajstić information content (AvgIpc) is 2.70.